The van der Waals surface area contributed by atoms with Crippen LogP contribution in [0.4, 0.5) is 0 Å². The van der Waals surface area contributed by atoms with Crippen molar-refractivity contribution in [2.24, 2.45) is 17.8 Å². The van der Waals surface area contributed by atoms with Gasteiger partial charge in [0.05, 0.1) is 0 Å². The Bertz CT molecular complexity index is 246. The highest BCUT2D eigenvalue weighted by Gasteiger charge is 2.29. The lowest BCUT2D eigenvalue weighted by Crippen LogP contribution is -2.46. The first-order valence-corrected chi connectivity index (χ1v) is 7.01. The summed E-state index contributed by atoms with van der Waals surface area (Å²) in [5, 5.41) is 6.31. The lowest BCUT2D eigenvalue weighted by molar-refractivity contribution is -0.125. The first kappa shape index (κ1) is 17.7. The van der Waals surface area contributed by atoms with Crippen LogP contribution in [0, 0.1) is 17.8 Å². The van der Waals surface area contributed by atoms with Crippen molar-refractivity contribution in [3.8, 4) is 0 Å². The van der Waals surface area contributed by atoms with Crippen LogP contribution in [0.5, 0.6) is 0 Å². The Balaban J connectivity index is 0.00000289. The van der Waals surface area contributed by atoms with Gasteiger partial charge in [0.1, 0.15) is 0 Å². The molecule has 1 amide bonds. The summed E-state index contributed by atoms with van der Waals surface area (Å²) in [7, 11) is 1.89. The minimum atomic E-state index is 0. The summed E-state index contributed by atoms with van der Waals surface area (Å²) < 4.78 is 0. The molecule has 1 aliphatic rings. The quantitative estimate of drug-likeness (QED) is 0.810. The molecule has 1 fully saturated rings. The zero-order chi connectivity index (χ0) is 12.8. The lowest BCUT2D eigenvalue weighted by Gasteiger charge is -2.35. The van der Waals surface area contributed by atoms with E-state index in [0.717, 1.165) is 13.0 Å². The third-order valence-corrected chi connectivity index (χ3v) is 3.96. The van der Waals surface area contributed by atoms with E-state index in [4.69, 9.17) is 0 Å². The second-order valence-electron chi connectivity index (χ2n) is 5.77. The van der Waals surface area contributed by atoms with Gasteiger partial charge in [-0.05, 0) is 31.7 Å². The molecule has 4 heteroatoms. The van der Waals surface area contributed by atoms with E-state index >= 15 is 0 Å². The van der Waals surface area contributed by atoms with Crippen molar-refractivity contribution in [1.82, 2.24) is 10.6 Å². The molecule has 108 valence electrons. The monoisotopic (exact) mass is 276 g/mol. The number of hydrogen-bond donors (Lipinski definition) is 2. The van der Waals surface area contributed by atoms with Crippen LogP contribution >= 0.6 is 12.4 Å². The number of halogens is 1. The molecule has 2 N–H and O–H groups in total. The average molecular weight is 277 g/mol. The Morgan fingerprint density at radius 3 is 2.39 bits per heavy atom. The molecular weight excluding hydrogens is 248 g/mol. The van der Waals surface area contributed by atoms with Crippen LogP contribution in [0.1, 0.15) is 46.5 Å². The number of carbonyl (C=O) groups is 1. The molecule has 1 aliphatic carbocycles. The Kier molecular flexibility index (Phi) is 8.62. The van der Waals surface area contributed by atoms with Crippen molar-refractivity contribution < 1.29 is 4.79 Å². The largest absolute Gasteiger partial charge is 0.353 e. The van der Waals surface area contributed by atoms with E-state index < -0.39 is 0 Å². The van der Waals surface area contributed by atoms with Gasteiger partial charge in [0.25, 0.3) is 0 Å². The van der Waals surface area contributed by atoms with E-state index in [1.807, 2.05) is 14.0 Å². The molecule has 0 aliphatic heterocycles. The van der Waals surface area contributed by atoms with Gasteiger partial charge in [0, 0.05) is 18.5 Å². The van der Waals surface area contributed by atoms with Gasteiger partial charge in [-0.2, -0.15) is 0 Å². The van der Waals surface area contributed by atoms with Crippen LogP contribution in [-0.2, 0) is 4.79 Å². The summed E-state index contributed by atoms with van der Waals surface area (Å²) in [4.78, 5) is 12.0. The Labute approximate surface area is 118 Å². The van der Waals surface area contributed by atoms with Gasteiger partial charge in [0.2, 0.25) is 5.91 Å². The number of rotatable bonds is 5. The maximum Gasteiger partial charge on any atom is 0.224 e. The van der Waals surface area contributed by atoms with Gasteiger partial charge >= 0.3 is 0 Å². The highest BCUT2D eigenvalue weighted by atomic mass is 35.5. The van der Waals surface area contributed by atoms with Crippen molar-refractivity contribution in [3.63, 3.8) is 0 Å². The van der Waals surface area contributed by atoms with Gasteiger partial charge in [-0.15, -0.1) is 12.4 Å². The molecule has 0 saturated heterocycles. The number of nitrogens with one attached hydrogen (secondary N) is 2. The number of hydrogen-bond acceptors (Lipinski definition) is 2. The fourth-order valence-electron chi connectivity index (χ4n) is 2.86. The summed E-state index contributed by atoms with van der Waals surface area (Å²) >= 11 is 0. The third-order valence-electron chi connectivity index (χ3n) is 3.96. The molecule has 0 heterocycles. The van der Waals surface area contributed by atoms with E-state index in [0.29, 0.717) is 17.9 Å². The topological polar surface area (TPSA) is 41.1 Å². The maximum atomic E-state index is 12.0. The summed E-state index contributed by atoms with van der Waals surface area (Å²) in [5.41, 5.74) is 0. The van der Waals surface area contributed by atoms with Gasteiger partial charge in [-0.1, -0.05) is 33.6 Å². The van der Waals surface area contributed by atoms with Crippen LogP contribution in [0.25, 0.3) is 0 Å². The third kappa shape index (κ3) is 5.15. The van der Waals surface area contributed by atoms with Crippen molar-refractivity contribution in [2.45, 2.75) is 52.5 Å². The van der Waals surface area contributed by atoms with Gasteiger partial charge in [0.15, 0.2) is 0 Å². The van der Waals surface area contributed by atoms with E-state index in [1.54, 1.807) is 0 Å². The van der Waals surface area contributed by atoms with Crippen LogP contribution in [0.2, 0.25) is 0 Å². The van der Waals surface area contributed by atoms with Crippen molar-refractivity contribution in [3.05, 3.63) is 0 Å². The van der Waals surface area contributed by atoms with E-state index in [-0.39, 0.29) is 24.2 Å². The second-order valence-corrected chi connectivity index (χ2v) is 5.77. The van der Waals surface area contributed by atoms with Crippen molar-refractivity contribution in [2.75, 3.05) is 13.6 Å². The summed E-state index contributed by atoms with van der Waals surface area (Å²) in [6, 6.07) is 0.399. The maximum absolute atomic E-state index is 12.0. The molecule has 0 spiro atoms. The van der Waals surface area contributed by atoms with Crippen molar-refractivity contribution >= 4 is 18.3 Å². The fraction of sp³-hybridized carbons (Fsp3) is 0.929. The number of carbonyl (C=O) groups excluding carboxylic acids is 1. The summed E-state index contributed by atoms with van der Waals surface area (Å²) in [6.07, 6.45) is 5.00. The number of amides is 1. The molecule has 1 rings (SSSR count). The van der Waals surface area contributed by atoms with Gasteiger partial charge < -0.3 is 10.6 Å². The average Bonchev–Trinajstić information content (AvgIpc) is 2.29. The normalized spacial score (nSPS) is 25.4. The first-order chi connectivity index (χ1) is 8.06. The highest BCUT2D eigenvalue weighted by Crippen LogP contribution is 2.30. The predicted molar refractivity (Wildman–Crippen MR) is 79.1 cm³/mol. The summed E-state index contributed by atoms with van der Waals surface area (Å²) in [6.45, 7) is 7.28. The van der Waals surface area contributed by atoms with E-state index in [2.05, 4.69) is 24.5 Å². The molecule has 0 bridgehead atoms. The molecule has 0 aromatic rings. The molecule has 0 aromatic heterocycles. The Morgan fingerprint density at radius 2 is 1.83 bits per heavy atom. The minimum Gasteiger partial charge on any atom is -0.353 e. The molecule has 0 radical (unpaired) electrons. The zero-order valence-corrected chi connectivity index (χ0v) is 13.0. The fourth-order valence-corrected chi connectivity index (χ4v) is 2.86. The molecular formula is C14H29ClN2O. The smallest absolute Gasteiger partial charge is 0.224 e. The highest BCUT2D eigenvalue weighted by molar-refractivity contribution is 5.85. The zero-order valence-electron chi connectivity index (χ0n) is 12.2. The second kappa shape index (κ2) is 8.76. The van der Waals surface area contributed by atoms with Gasteiger partial charge in [-0.3, -0.25) is 4.79 Å². The predicted octanol–water partition coefficient (Wildman–Crippen LogP) is 2.59. The lowest BCUT2D eigenvalue weighted by atomic mass is 9.77. The van der Waals surface area contributed by atoms with Crippen LogP contribution in [-0.4, -0.2) is 25.5 Å². The Hall–Kier alpha value is -0.280. The SMILES string of the molecule is CNCC(C)C(=O)NC1CCCCC1C(C)C.Cl. The molecule has 3 unspecified atom stereocenters. The molecule has 3 nitrogen and oxygen atoms in total. The van der Waals surface area contributed by atoms with Crippen LogP contribution < -0.4 is 10.6 Å². The Morgan fingerprint density at radius 1 is 1.22 bits per heavy atom. The first-order valence-electron chi connectivity index (χ1n) is 7.01. The molecule has 1 saturated carbocycles. The standard InChI is InChI=1S/C14H28N2O.ClH/c1-10(2)12-7-5-6-8-13(12)16-14(17)11(3)9-15-4;/h10-13,15H,5-9H2,1-4H3,(H,16,17);1H. The summed E-state index contributed by atoms with van der Waals surface area (Å²) in [5.74, 6) is 1.60. The van der Waals surface area contributed by atoms with E-state index in [1.165, 1.54) is 19.3 Å². The molecule has 0 aromatic carbocycles. The van der Waals surface area contributed by atoms with E-state index in [9.17, 15) is 4.79 Å². The molecule has 3 atom stereocenters. The van der Waals surface area contributed by atoms with Gasteiger partial charge in [-0.25, -0.2) is 0 Å². The van der Waals surface area contributed by atoms with Crippen molar-refractivity contribution in [1.29, 1.82) is 0 Å². The minimum absolute atomic E-state index is 0. The molecule has 18 heavy (non-hydrogen) atoms. The van der Waals surface area contributed by atoms with Crippen LogP contribution in [0.15, 0.2) is 0 Å². The van der Waals surface area contributed by atoms with Crippen LogP contribution in [0.3, 0.4) is 0 Å².